The van der Waals surface area contributed by atoms with Crippen molar-refractivity contribution in [3.05, 3.63) is 53.0 Å². The van der Waals surface area contributed by atoms with Crippen molar-refractivity contribution in [2.45, 2.75) is 32.1 Å². The fourth-order valence-corrected chi connectivity index (χ4v) is 2.86. The summed E-state index contributed by atoms with van der Waals surface area (Å²) in [5.41, 5.74) is 6.46. The molecule has 0 saturated heterocycles. The Morgan fingerprint density at radius 3 is 2.39 bits per heavy atom. The average molecular weight is 332 g/mol. The highest BCUT2D eigenvalue weighted by Crippen LogP contribution is 2.18. The molecule has 0 unspecified atom stereocenters. The van der Waals surface area contributed by atoms with Crippen molar-refractivity contribution in [2.24, 2.45) is 0 Å². The van der Waals surface area contributed by atoms with Gasteiger partial charge in [-0.05, 0) is 39.0 Å². The first kappa shape index (κ1) is 17.1. The highest BCUT2D eigenvalue weighted by Gasteiger charge is 2.13. The Labute approximate surface area is 139 Å². The van der Waals surface area contributed by atoms with Gasteiger partial charge in [0.2, 0.25) is 5.91 Å². The number of carbonyl (C=O) groups excluding carboxylic acids is 2. The SMILES string of the molecule is Cc1ccc(SCCC(=O)NNC(=O)c2cc(C)oc2C)cc1. The molecule has 2 N–H and O–H groups in total. The van der Waals surface area contributed by atoms with Gasteiger partial charge in [0.25, 0.3) is 5.91 Å². The van der Waals surface area contributed by atoms with Gasteiger partial charge in [-0.2, -0.15) is 0 Å². The lowest BCUT2D eigenvalue weighted by atomic mass is 10.2. The van der Waals surface area contributed by atoms with E-state index in [1.807, 2.05) is 31.2 Å². The largest absolute Gasteiger partial charge is 0.466 e. The predicted octanol–water partition coefficient (Wildman–Crippen LogP) is 3.15. The molecule has 0 aliphatic rings. The lowest BCUT2D eigenvalue weighted by Crippen LogP contribution is -2.41. The number of rotatable bonds is 5. The Kier molecular flexibility index (Phi) is 5.87. The van der Waals surface area contributed by atoms with Crippen molar-refractivity contribution in [3.8, 4) is 0 Å². The molecule has 2 rings (SSSR count). The molecule has 23 heavy (non-hydrogen) atoms. The summed E-state index contributed by atoms with van der Waals surface area (Å²) in [6.45, 7) is 5.51. The summed E-state index contributed by atoms with van der Waals surface area (Å²) in [6.07, 6.45) is 0.322. The standard InChI is InChI=1S/C17H20N2O3S/c1-11-4-6-14(7-5-11)23-9-8-16(20)18-19-17(21)15-10-12(2)22-13(15)3/h4-7,10H,8-9H2,1-3H3,(H,18,20)(H,19,21). The van der Waals surface area contributed by atoms with E-state index in [0.29, 0.717) is 29.3 Å². The maximum atomic E-state index is 11.9. The molecule has 0 atom stereocenters. The molecule has 0 aliphatic carbocycles. The van der Waals surface area contributed by atoms with E-state index in [2.05, 4.69) is 10.9 Å². The average Bonchev–Trinajstić information content (AvgIpc) is 2.85. The van der Waals surface area contributed by atoms with E-state index in [4.69, 9.17) is 4.42 Å². The third-order valence-corrected chi connectivity index (χ3v) is 4.23. The summed E-state index contributed by atoms with van der Waals surface area (Å²) in [6, 6.07) is 9.78. The van der Waals surface area contributed by atoms with Gasteiger partial charge in [0.05, 0.1) is 5.56 Å². The maximum absolute atomic E-state index is 11.9. The Morgan fingerprint density at radius 2 is 1.78 bits per heavy atom. The normalized spacial score (nSPS) is 10.4. The lowest BCUT2D eigenvalue weighted by molar-refractivity contribution is -0.121. The van der Waals surface area contributed by atoms with Crippen LogP contribution in [0.15, 0.2) is 39.6 Å². The first-order valence-electron chi connectivity index (χ1n) is 7.31. The Hall–Kier alpha value is -2.21. The van der Waals surface area contributed by atoms with E-state index in [0.717, 1.165) is 4.90 Å². The smallest absolute Gasteiger partial charge is 0.273 e. The van der Waals surface area contributed by atoms with Gasteiger partial charge in [0.15, 0.2) is 0 Å². The van der Waals surface area contributed by atoms with Gasteiger partial charge in [-0.1, -0.05) is 17.7 Å². The zero-order chi connectivity index (χ0) is 16.8. The van der Waals surface area contributed by atoms with Crippen molar-refractivity contribution >= 4 is 23.6 Å². The van der Waals surface area contributed by atoms with E-state index in [1.54, 1.807) is 31.7 Å². The molecular formula is C17H20N2O3S. The number of hydrogen-bond acceptors (Lipinski definition) is 4. The third kappa shape index (κ3) is 5.17. The number of benzene rings is 1. The molecule has 122 valence electrons. The Balaban J connectivity index is 1.71. The highest BCUT2D eigenvalue weighted by molar-refractivity contribution is 7.99. The molecule has 1 heterocycles. The molecule has 6 heteroatoms. The summed E-state index contributed by atoms with van der Waals surface area (Å²) in [5.74, 6) is 1.24. The van der Waals surface area contributed by atoms with E-state index in [9.17, 15) is 9.59 Å². The molecule has 2 aromatic rings. The lowest BCUT2D eigenvalue weighted by Gasteiger charge is -2.07. The van der Waals surface area contributed by atoms with Crippen LogP contribution in [0.3, 0.4) is 0 Å². The fraction of sp³-hybridized carbons (Fsp3) is 0.294. The van der Waals surface area contributed by atoms with Gasteiger partial charge in [-0.3, -0.25) is 20.4 Å². The van der Waals surface area contributed by atoms with Crippen molar-refractivity contribution < 1.29 is 14.0 Å². The van der Waals surface area contributed by atoms with Crippen LogP contribution in [-0.2, 0) is 4.79 Å². The molecule has 0 aliphatic heterocycles. The first-order valence-corrected chi connectivity index (χ1v) is 8.30. The highest BCUT2D eigenvalue weighted by atomic mass is 32.2. The van der Waals surface area contributed by atoms with Crippen molar-refractivity contribution in [1.29, 1.82) is 0 Å². The quantitative estimate of drug-likeness (QED) is 0.652. The minimum Gasteiger partial charge on any atom is -0.466 e. The molecule has 0 saturated carbocycles. The Morgan fingerprint density at radius 1 is 1.09 bits per heavy atom. The van der Waals surface area contributed by atoms with E-state index in [1.165, 1.54) is 5.56 Å². The number of aryl methyl sites for hydroxylation is 3. The molecule has 2 amide bonds. The maximum Gasteiger partial charge on any atom is 0.273 e. The number of hydrazine groups is 1. The van der Waals surface area contributed by atoms with E-state index >= 15 is 0 Å². The van der Waals surface area contributed by atoms with E-state index < -0.39 is 0 Å². The second kappa shape index (κ2) is 7.87. The number of hydrogen-bond donors (Lipinski definition) is 2. The zero-order valence-corrected chi connectivity index (χ0v) is 14.3. The summed E-state index contributed by atoms with van der Waals surface area (Å²) in [7, 11) is 0. The summed E-state index contributed by atoms with van der Waals surface area (Å²) in [5, 5.41) is 0. The number of furan rings is 1. The van der Waals surface area contributed by atoms with Crippen LogP contribution in [0.5, 0.6) is 0 Å². The van der Waals surface area contributed by atoms with Crippen LogP contribution in [0, 0.1) is 20.8 Å². The van der Waals surface area contributed by atoms with Crippen molar-refractivity contribution in [1.82, 2.24) is 10.9 Å². The van der Waals surface area contributed by atoms with Gasteiger partial charge in [0, 0.05) is 17.1 Å². The van der Waals surface area contributed by atoms with Crippen LogP contribution in [0.25, 0.3) is 0 Å². The van der Waals surface area contributed by atoms with E-state index in [-0.39, 0.29) is 11.8 Å². The van der Waals surface area contributed by atoms with Crippen LogP contribution < -0.4 is 10.9 Å². The zero-order valence-electron chi connectivity index (χ0n) is 13.4. The Bertz CT molecular complexity index is 692. The van der Waals surface area contributed by atoms with Crippen LogP contribution in [0.4, 0.5) is 0 Å². The first-order chi connectivity index (χ1) is 11.0. The van der Waals surface area contributed by atoms with Crippen LogP contribution in [0.1, 0.15) is 33.9 Å². The monoisotopic (exact) mass is 332 g/mol. The summed E-state index contributed by atoms with van der Waals surface area (Å²) >= 11 is 1.61. The number of nitrogens with one attached hydrogen (secondary N) is 2. The van der Waals surface area contributed by atoms with Crippen molar-refractivity contribution in [3.63, 3.8) is 0 Å². The third-order valence-electron chi connectivity index (χ3n) is 3.22. The van der Waals surface area contributed by atoms with Gasteiger partial charge in [-0.25, -0.2) is 0 Å². The minimum absolute atomic E-state index is 0.226. The number of thioether (sulfide) groups is 1. The molecule has 1 aromatic heterocycles. The number of amides is 2. The second-order valence-electron chi connectivity index (χ2n) is 5.24. The predicted molar refractivity (Wildman–Crippen MR) is 90.3 cm³/mol. The summed E-state index contributed by atoms with van der Waals surface area (Å²) < 4.78 is 5.29. The molecular weight excluding hydrogens is 312 g/mol. The molecule has 0 bridgehead atoms. The second-order valence-corrected chi connectivity index (χ2v) is 6.41. The molecule has 5 nitrogen and oxygen atoms in total. The van der Waals surface area contributed by atoms with Gasteiger partial charge < -0.3 is 4.42 Å². The van der Waals surface area contributed by atoms with Gasteiger partial charge in [-0.15, -0.1) is 11.8 Å². The molecule has 1 aromatic carbocycles. The van der Waals surface area contributed by atoms with Crippen molar-refractivity contribution in [2.75, 3.05) is 5.75 Å². The minimum atomic E-state index is -0.376. The number of carbonyl (C=O) groups is 2. The van der Waals surface area contributed by atoms with Crippen LogP contribution in [0.2, 0.25) is 0 Å². The molecule has 0 spiro atoms. The fourth-order valence-electron chi connectivity index (χ4n) is 2.01. The van der Waals surface area contributed by atoms with Gasteiger partial charge in [0.1, 0.15) is 11.5 Å². The van der Waals surface area contributed by atoms with Gasteiger partial charge >= 0.3 is 0 Å². The topological polar surface area (TPSA) is 71.3 Å². The molecule has 0 fully saturated rings. The van der Waals surface area contributed by atoms with Crippen LogP contribution >= 0.6 is 11.8 Å². The summed E-state index contributed by atoms with van der Waals surface area (Å²) in [4.78, 5) is 24.8. The molecule has 0 radical (unpaired) electrons. The van der Waals surface area contributed by atoms with Crippen LogP contribution in [-0.4, -0.2) is 17.6 Å².